The summed E-state index contributed by atoms with van der Waals surface area (Å²) >= 11 is 0. The Balaban J connectivity index is 1.89. The first-order valence-corrected chi connectivity index (χ1v) is 8.46. The van der Waals surface area contributed by atoms with Crippen LogP contribution >= 0.6 is 0 Å². The Bertz CT molecular complexity index is 549. The predicted octanol–water partition coefficient (Wildman–Crippen LogP) is 0.638. The molecule has 1 aromatic heterocycles. The van der Waals surface area contributed by atoms with Gasteiger partial charge >= 0.3 is 0 Å². The molecule has 0 bridgehead atoms. The molecule has 21 heavy (non-hydrogen) atoms. The molecule has 1 fully saturated rings. The molecule has 1 aliphatic rings. The van der Waals surface area contributed by atoms with Crippen molar-refractivity contribution in [2.45, 2.75) is 45.3 Å². The molecule has 0 radical (unpaired) electrons. The molecule has 0 saturated carbocycles. The van der Waals surface area contributed by atoms with E-state index in [-0.39, 0.29) is 18.6 Å². The van der Waals surface area contributed by atoms with Gasteiger partial charge in [-0.15, -0.1) is 0 Å². The summed E-state index contributed by atoms with van der Waals surface area (Å²) in [5, 5.41) is 3.76. The molecule has 1 aliphatic heterocycles. The number of hydrogen-bond donors (Lipinski definition) is 1. The third kappa shape index (κ3) is 4.22. The van der Waals surface area contributed by atoms with Crippen LogP contribution in [0.2, 0.25) is 0 Å². The van der Waals surface area contributed by atoms with E-state index in [1.807, 2.05) is 13.8 Å². The van der Waals surface area contributed by atoms with Crippen LogP contribution in [0.1, 0.15) is 44.3 Å². The third-order valence-electron chi connectivity index (χ3n) is 3.46. The number of ether oxygens (including phenoxy) is 1. The topological polar surface area (TPSA) is 97.6 Å². The van der Waals surface area contributed by atoms with Crippen molar-refractivity contribution in [3.8, 4) is 0 Å². The molecule has 9 heteroatoms. The van der Waals surface area contributed by atoms with Gasteiger partial charge in [-0.05, 0) is 12.8 Å². The fraction of sp³-hybridized carbons (Fsp3) is 0.833. The molecule has 1 saturated heterocycles. The van der Waals surface area contributed by atoms with E-state index in [1.54, 1.807) is 7.11 Å². The lowest BCUT2D eigenvalue weighted by Gasteiger charge is -2.30. The molecule has 0 spiro atoms. The molecule has 0 unspecified atom stereocenters. The Kier molecular flexibility index (Phi) is 5.31. The van der Waals surface area contributed by atoms with Gasteiger partial charge in [-0.3, -0.25) is 0 Å². The van der Waals surface area contributed by atoms with E-state index >= 15 is 0 Å². The third-order valence-corrected chi connectivity index (χ3v) is 5.02. The van der Waals surface area contributed by atoms with Gasteiger partial charge < -0.3 is 9.26 Å². The molecule has 120 valence electrons. The molecule has 1 aromatic rings. The van der Waals surface area contributed by atoms with Crippen LogP contribution in [-0.4, -0.2) is 49.2 Å². The summed E-state index contributed by atoms with van der Waals surface area (Å²) < 4.78 is 38.6. The lowest BCUT2D eigenvalue weighted by Crippen LogP contribution is -2.46. The van der Waals surface area contributed by atoms with Crippen LogP contribution in [0.4, 0.5) is 0 Å². The van der Waals surface area contributed by atoms with Crippen LogP contribution in [0.25, 0.3) is 0 Å². The summed E-state index contributed by atoms with van der Waals surface area (Å²) in [6.45, 7) is 4.81. The minimum atomic E-state index is -3.52. The number of nitrogens with one attached hydrogen (secondary N) is 1. The monoisotopic (exact) mass is 318 g/mol. The lowest BCUT2D eigenvalue weighted by molar-refractivity contribution is 0.0602. The first-order valence-electron chi connectivity index (χ1n) is 7.02. The zero-order chi connectivity index (χ0) is 15.5. The number of nitrogens with zero attached hydrogens (tertiary/aromatic N) is 3. The standard InChI is InChI=1S/C12H22N4O4S/c1-9(2)12-14-11(15-20-12)8-13-21(17,18)16-6-4-10(19-3)5-7-16/h9-10,13H,4-8H2,1-3H3. The Morgan fingerprint density at radius 1 is 1.43 bits per heavy atom. The van der Waals surface area contributed by atoms with Crippen LogP contribution in [0.3, 0.4) is 0 Å². The maximum Gasteiger partial charge on any atom is 0.279 e. The number of aromatic nitrogens is 2. The van der Waals surface area contributed by atoms with E-state index in [4.69, 9.17) is 9.26 Å². The molecule has 0 aliphatic carbocycles. The SMILES string of the molecule is COC1CCN(S(=O)(=O)NCc2noc(C(C)C)n2)CC1. The predicted molar refractivity (Wildman–Crippen MR) is 75.8 cm³/mol. The van der Waals surface area contributed by atoms with Crippen molar-refractivity contribution in [1.29, 1.82) is 0 Å². The second-order valence-electron chi connectivity index (χ2n) is 5.36. The van der Waals surface area contributed by atoms with Gasteiger partial charge in [0, 0.05) is 26.1 Å². The van der Waals surface area contributed by atoms with Gasteiger partial charge in [0.25, 0.3) is 10.2 Å². The van der Waals surface area contributed by atoms with Gasteiger partial charge in [0.2, 0.25) is 5.89 Å². The van der Waals surface area contributed by atoms with Crippen molar-refractivity contribution >= 4 is 10.2 Å². The number of hydrogen-bond acceptors (Lipinski definition) is 6. The van der Waals surface area contributed by atoms with E-state index in [0.29, 0.717) is 37.6 Å². The quantitative estimate of drug-likeness (QED) is 0.826. The summed E-state index contributed by atoms with van der Waals surface area (Å²) in [5.41, 5.74) is 0. The van der Waals surface area contributed by atoms with Crippen molar-refractivity contribution in [2.75, 3.05) is 20.2 Å². The second kappa shape index (κ2) is 6.82. The Morgan fingerprint density at radius 2 is 2.10 bits per heavy atom. The highest BCUT2D eigenvalue weighted by molar-refractivity contribution is 7.87. The van der Waals surface area contributed by atoms with Crippen molar-refractivity contribution < 1.29 is 17.7 Å². The van der Waals surface area contributed by atoms with Gasteiger partial charge in [-0.1, -0.05) is 19.0 Å². The maximum absolute atomic E-state index is 12.2. The normalized spacial score (nSPS) is 18.5. The molecule has 0 atom stereocenters. The van der Waals surface area contributed by atoms with Crippen molar-refractivity contribution in [1.82, 2.24) is 19.2 Å². The molecule has 8 nitrogen and oxygen atoms in total. The van der Waals surface area contributed by atoms with Crippen LogP contribution in [0.15, 0.2) is 4.52 Å². The zero-order valence-electron chi connectivity index (χ0n) is 12.6. The zero-order valence-corrected chi connectivity index (χ0v) is 13.4. The summed E-state index contributed by atoms with van der Waals surface area (Å²) in [7, 11) is -1.87. The highest BCUT2D eigenvalue weighted by Crippen LogP contribution is 2.15. The average Bonchev–Trinajstić information content (AvgIpc) is 2.94. The van der Waals surface area contributed by atoms with Crippen LogP contribution in [-0.2, 0) is 21.5 Å². The molecular formula is C12H22N4O4S. The average molecular weight is 318 g/mol. The molecule has 1 N–H and O–H groups in total. The molecule has 2 rings (SSSR count). The van der Waals surface area contributed by atoms with E-state index < -0.39 is 10.2 Å². The summed E-state index contributed by atoms with van der Waals surface area (Å²) in [5.74, 6) is 0.968. The first-order chi connectivity index (χ1) is 9.92. The van der Waals surface area contributed by atoms with Crippen molar-refractivity contribution in [3.63, 3.8) is 0 Å². The minimum Gasteiger partial charge on any atom is -0.381 e. The smallest absolute Gasteiger partial charge is 0.279 e. The highest BCUT2D eigenvalue weighted by Gasteiger charge is 2.28. The van der Waals surface area contributed by atoms with Gasteiger partial charge in [-0.25, -0.2) is 0 Å². The van der Waals surface area contributed by atoms with Crippen LogP contribution in [0, 0.1) is 0 Å². The first kappa shape index (κ1) is 16.3. The number of piperidine rings is 1. The second-order valence-corrected chi connectivity index (χ2v) is 7.12. The fourth-order valence-corrected chi connectivity index (χ4v) is 3.31. The summed E-state index contributed by atoms with van der Waals surface area (Å²) in [6.07, 6.45) is 1.55. The minimum absolute atomic E-state index is 0.0305. The van der Waals surface area contributed by atoms with E-state index in [9.17, 15) is 8.42 Å². The van der Waals surface area contributed by atoms with Crippen LogP contribution < -0.4 is 4.72 Å². The highest BCUT2D eigenvalue weighted by atomic mass is 32.2. The molecule has 2 heterocycles. The molecular weight excluding hydrogens is 296 g/mol. The summed E-state index contributed by atoms with van der Waals surface area (Å²) in [4.78, 5) is 4.14. The molecule has 0 amide bonds. The van der Waals surface area contributed by atoms with Gasteiger partial charge in [-0.2, -0.15) is 22.4 Å². The Labute approximate surface area is 125 Å². The van der Waals surface area contributed by atoms with Gasteiger partial charge in [0.15, 0.2) is 5.82 Å². The fourth-order valence-electron chi connectivity index (χ4n) is 2.13. The van der Waals surface area contributed by atoms with Gasteiger partial charge in [0.1, 0.15) is 0 Å². The van der Waals surface area contributed by atoms with Crippen molar-refractivity contribution in [3.05, 3.63) is 11.7 Å². The largest absolute Gasteiger partial charge is 0.381 e. The van der Waals surface area contributed by atoms with Crippen LogP contribution in [0.5, 0.6) is 0 Å². The summed E-state index contributed by atoms with van der Waals surface area (Å²) in [6, 6.07) is 0. The van der Waals surface area contributed by atoms with E-state index in [1.165, 1.54) is 4.31 Å². The number of rotatable bonds is 6. The van der Waals surface area contributed by atoms with E-state index in [2.05, 4.69) is 14.9 Å². The Morgan fingerprint density at radius 3 is 2.62 bits per heavy atom. The van der Waals surface area contributed by atoms with Gasteiger partial charge in [0.05, 0.1) is 12.6 Å². The lowest BCUT2D eigenvalue weighted by atomic mass is 10.1. The molecule has 0 aromatic carbocycles. The number of methoxy groups -OCH3 is 1. The van der Waals surface area contributed by atoms with Crippen molar-refractivity contribution in [2.24, 2.45) is 0 Å². The Hall–Kier alpha value is -1.03. The van der Waals surface area contributed by atoms with E-state index in [0.717, 1.165) is 0 Å². The maximum atomic E-state index is 12.2.